The summed E-state index contributed by atoms with van der Waals surface area (Å²) in [6, 6.07) is 0. The fourth-order valence-corrected chi connectivity index (χ4v) is 2.43. The number of Topliss-reactive ketones (excluding diaryl/α,β-unsaturated/α-hetero) is 1. The lowest BCUT2D eigenvalue weighted by atomic mass is 10.0. The van der Waals surface area contributed by atoms with Crippen LogP contribution in [0.3, 0.4) is 0 Å². The highest BCUT2D eigenvalue weighted by Gasteiger charge is 2.21. The molecule has 0 amide bonds. The molecule has 0 aliphatic heterocycles. The first-order valence-corrected chi connectivity index (χ1v) is 5.17. The van der Waals surface area contributed by atoms with Crippen LogP contribution in [0.15, 0.2) is 21.9 Å². The Labute approximate surface area is 87.6 Å². The van der Waals surface area contributed by atoms with Gasteiger partial charge < -0.3 is 5.11 Å². The Balaban J connectivity index is 2.98. The van der Waals surface area contributed by atoms with Crippen molar-refractivity contribution in [1.82, 2.24) is 0 Å². The summed E-state index contributed by atoms with van der Waals surface area (Å²) < 4.78 is 0.584. The fraction of sp³-hybridized carbons (Fsp3) is 0.375. The van der Waals surface area contributed by atoms with Gasteiger partial charge in [-0.25, -0.2) is 0 Å². The van der Waals surface area contributed by atoms with E-state index in [0.717, 1.165) is 5.57 Å². The second-order valence-electron chi connectivity index (χ2n) is 2.63. The Morgan fingerprint density at radius 1 is 1.75 bits per heavy atom. The summed E-state index contributed by atoms with van der Waals surface area (Å²) in [4.78, 5) is 10.8. The SMILES string of the molecule is CC(=O)C1=CC(Br)=C(O)C(Br)C1. The van der Waals surface area contributed by atoms with Crippen molar-refractivity contribution >= 4 is 37.6 Å². The van der Waals surface area contributed by atoms with Gasteiger partial charge in [0, 0.05) is 0 Å². The number of ketones is 1. The van der Waals surface area contributed by atoms with E-state index in [1.807, 2.05) is 0 Å². The van der Waals surface area contributed by atoms with E-state index in [0.29, 0.717) is 10.9 Å². The van der Waals surface area contributed by atoms with Crippen LogP contribution >= 0.6 is 31.9 Å². The summed E-state index contributed by atoms with van der Waals surface area (Å²) in [7, 11) is 0. The summed E-state index contributed by atoms with van der Waals surface area (Å²) in [5, 5.41) is 9.38. The number of carbonyl (C=O) groups excluding carboxylic acids is 1. The molecule has 0 saturated heterocycles. The van der Waals surface area contributed by atoms with E-state index >= 15 is 0 Å². The molecule has 0 spiro atoms. The average Bonchev–Trinajstić information content (AvgIpc) is 1.99. The van der Waals surface area contributed by atoms with Gasteiger partial charge in [0.15, 0.2) is 5.78 Å². The van der Waals surface area contributed by atoms with Crippen molar-refractivity contribution in [3.63, 3.8) is 0 Å². The molecule has 1 N–H and O–H groups in total. The van der Waals surface area contributed by atoms with Gasteiger partial charge in [-0.1, -0.05) is 15.9 Å². The minimum atomic E-state index is -0.143. The minimum absolute atomic E-state index is 0.0453. The van der Waals surface area contributed by atoms with Crippen LogP contribution in [0.4, 0.5) is 0 Å². The van der Waals surface area contributed by atoms with E-state index in [2.05, 4.69) is 31.9 Å². The maximum Gasteiger partial charge on any atom is 0.155 e. The summed E-state index contributed by atoms with van der Waals surface area (Å²) in [5.41, 5.74) is 0.724. The Morgan fingerprint density at radius 2 is 2.33 bits per heavy atom. The molecule has 12 heavy (non-hydrogen) atoms. The smallest absolute Gasteiger partial charge is 0.155 e. The Kier molecular flexibility index (Phi) is 3.12. The highest BCUT2D eigenvalue weighted by molar-refractivity contribution is 9.12. The van der Waals surface area contributed by atoms with Crippen LogP contribution in [0.25, 0.3) is 0 Å². The van der Waals surface area contributed by atoms with Crippen LogP contribution < -0.4 is 0 Å². The van der Waals surface area contributed by atoms with Gasteiger partial charge in [-0.2, -0.15) is 0 Å². The lowest BCUT2D eigenvalue weighted by Crippen LogP contribution is -2.13. The number of allylic oxidation sites excluding steroid dienone is 4. The van der Waals surface area contributed by atoms with Gasteiger partial charge in [0.2, 0.25) is 0 Å². The quantitative estimate of drug-likeness (QED) is 0.755. The number of alkyl halides is 1. The van der Waals surface area contributed by atoms with Gasteiger partial charge in [-0.05, 0) is 40.9 Å². The number of halogens is 2. The molecule has 1 aliphatic carbocycles. The lowest BCUT2D eigenvalue weighted by Gasteiger charge is -2.16. The standard InChI is InChI=1S/C8H8Br2O2/c1-4(11)5-2-6(9)8(12)7(10)3-5/h2,7,12H,3H2,1H3. The number of rotatable bonds is 1. The molecule has 1 atom stereocenters. The molecule has 2 nitrogen and oxygen atoms in total. The second kappa shape index (κ2) is 3.75. The summed E-state index contributed by atoms with van der Waals surface area (Å²) in [6.07, 6.45) is 2.21. The van der Waals surface area contributed by atoms with Gasteiger partial charge in [0.1, 0.15) is 5.76 Å². The van der Waals surface area contributed by atoms with Gasteiger partial charge in [-0.3, -0.25) is 4.79 Å². The zero-order valence-corrected chi connectivity index (χ0v) is 9.65. The van der Waals surface area contributed by atoms with Crippen LogP contribution in [0.2, 0.25) is 0 Å². The fourth-order valence-electron chi connectivity index (χ4n) is 0.971. The van der Waals surface area contributed by atoms with E-state index in [4.69, 9.17) is 0 Å². The lowest BCUT2D eigenvalue weighted by molar-refractivity contribution is -0.113. The number of aliphatic hydroxyl groups excluding tert-OH is 1. The number of aliphatic hydroxyl groups is 1. The van der Waals surface area contributed by atoms with E-state index in [1.165, 1.54) is 6.92 Å². The van der Waals surface area contributed by atoms with Crippen LogP contribution in [0.1, 0.15) is 13.3 Å². The first-order valence-electron chi connectivity index (χ1n) is 3.46. The van der Waals surface area contributed by atoms with E-state index in [9.17, 15) is 9.90 Å². The average molecular weight is 296 g/mol. The molecule has 0 aromatic carbocycles. The largest absolute Gasteiger partial charge is 0.510 e. The molecule has 0 bridgehead atoms. The van der Waals surface area contributed by atoms with Gasteiger partial charge in [0.25, 0.3) is 0 Å². The van der Waals surface area contributed by atoms with Crippen molar-refractivity contribution < 1.29 is 9.90 Å². The van der Waals surface area contributed by atoms with Crippen molar-refractivity contribution in [1.29, 1.82) is 0 Å². The van der Waals surface area contributed by atoms with Gasteiger partial charge in [0.05, 0.1) is 9.31 Å². The third-order valence-corrected chi connectivity index (χ3v) is 3.09. The van der Waals surface area contributed by atoms with Crippen LogP contribution in [0, 0.1) is 0 Å². The number of carbonyl (C=O) groups is 1. The van der Waals surface area contributed by atoms with Gasteiger partial charge in [-0.15, -0.1) is 0 Å². The number of hydrogen-bond acceptors (Lipinski definition) is 2. The molecule has 66 valence electrons. The summed E-state index contributed by atoms with van der Waals surface area (Å²) >= 11 is 6.45. The molecular weight excluding hydrogens is 288 g/mol. The van der Waals surface area contributed by atoms with Crippen molar-refractivity contribution in [2.24, 2.45) is 0 Å². The Morgan fingerprint density at radius 3 is 2.75 bits per heavy atom. The normalized spacial score (nSPS) is 23.9. The minimum Gasteiger partial charge on any atom is -0.510 e. The predicted molar refractivity (Wildman–Crippen MR) is 54.7 cm³/mol. The molecule has 0 fully saturated rings. The first-order chi connectivity index (χ1) is 5.52. The summed E-state index contributed by atoms with van der Waals surface area (Å²) in [5.74, 6) is 0.295. The molecule has 0 aromatic heterocycles. The molecule has 1 rings (SSSR count). The number of hydrogen-bond donors (Lipinski definition) is 1. The van der Waals surface area contributed by atoms with Crippen molar-refractivity contribution in [3.05, 3.63) is 21.9 Å². The predicted octanol–water partition coefficient (Wildman–Crippen LogP) is 2.83. The maximum absolute atomic E-state index is 11.0. The van der Waals surface area contributed by atoms with E-state index < -0.39 is 0 Å². The highest BCUT2D eigenvalue weighted by atomic mass is 79.9. The Hall–Kier alpha value is -0.0900. The van der Waals surface area contributed by atoms with E-state index in [-0.39, 0.29) is 16.4 Å². The zero-order chi connectivity index (χ0) is 9.30. The Bertz CT molecular complexity index is 279. The van der Waals surface area contributed by atoms with Crippen LogP contribution in [0.5, 0.6) is 0 Å². The second-order valence-corrected chi connectivity index (χ2v) is 4.59. The van der Waals surface area contributed by atoms with Crippen LogP contribution in [-0.4, -0.2) is 15.7 Å². The van der Waals surface area contributed by atoms with Crippen molar-refractivity contribution in [2.75, 3.05) is 0 Å². The maximum atomic E-state index is 11.0. The van der Waals surface area contributed by atoms with Gasteiger partial charge >= 0.3 is 0 Å². The third-order valence-electron chi connectivity index (χ3n) is 1.69. The molecule has 4 heteroatoms. The topological polar surface area (TPSA) is 37.3 Å². The first kappa shape index (κ1) is 9.99. The molecule has 0 aromatic rings. The molecule has 1 aliphatic rings. The van der Waals surface area contributed by atoms with Crippen LogP contribution in [-0.2, 0) is 4.79 Å². The molecule has 0 heterocycles. The zero-order valence-electron chi connectivity index (χ0n) is 6.47. The molecule has 1 unspecified atom stereocenters. The van der Waals surface area contributed by atoms with Crippen molar-refractivity contribution in [2.45, 2.75) is 18.2 Å². The molecule has 0 saturated carbocycles. The highest BCUT2D eigenvalue weighted by Crippen LogP contribution is 2.31. The third kappa shape index (κ3) is 1.98. The monoisotopic (exact) mass is 294 g/mol. The molecular formula is C8H8Br2O2. The van der Waals surface area contributed by atoms with Crippen molar-refractivity contribution in [3.8, 4) is 0 Å². The van der Waals surface area contributed by atoms with E-state index in [1.54, 1.807) is 6.08 Å². The molecule has 0 radical (unpaired) electrons. The summed E-state index contributed by atoms with van der Waals surface area (Å²) in [6.45, 7) is 1.52.